The molecule has 1 rings (SSSR count). The number of amides is 1. The van der Waals surface area contributed by atoms with Crippen LogP contribution in [0.2, 0.25) is 0 Å². The molecule has 0 bridgehead atoms. The van der Waals surface area contributed by atoms with Gasteiger partial charge in [-0.2, -0.15) is 0 Å². The topological polar surface area (TPSA) is 75.6 Å². The molecule has 0 spiro atoms. The van der Waals surface area contributed by atoms with Gasteiger partial charge < -0.3 is 15.2 Å². The van der Waals surface area contributed by atoms with Crippen LogP contribution in [-0.4, -0.2) is 30.1 Å². The molecule has 0 aliphatic rings. The van der Waals surface area contributed by atoms with Crippen LogP contribution in [-0.2, 0) is 4.79 Å². The SMILES string of the molecule is COc1ccccc1C(=O)NC(CC(C)C)C(=O)O. The summed E-state index contributed by atoms with van der Waals surface area (Å²) < 4.78 is 5.08. The Bertz CT molecular complexity index is 457. The molecule has 1 aromatic carbocycles. The van der Waals surface area contributed by atoms with Crippen LogP contribution >= 0.6 is 0 Å². The minimum atomic E-state index is -1.03. The summed E-state index contributed by atoms with van der Waals surface area (Å²) in [6.45, 7) is 3.82. The first-order chi connectivity index (χ1) is 8.95. The molecular weight excluding hydrogens is 246 g/mol. The normalized spacial score (nSPS) is 12.0. The van der Waals surface area contributed by atoms with Crippen molar-refractivity contribution in [2.45, 2.75) is 26.3 Å². The zero-order chi connectivity index (χ0) is 14.4. The second-order valence-corrected chi connectivity index (χ2v) is 4.69. The van der Waals surface area contributed by atoms with Crippen molar-refractivity contribution in [3.8, 4) is 5.75 Å². The van der Waals surface area contributed by atoms with Crippen LogP contribution in [0.1, 0.15) is 30.6 Å². The van der Waals surface area contributed by atoms with Gasteiger partial charge in [0.1, 0.15) is 11.8 Å². The van der Waals surface area contributed by atoms with E-state index in [9.17, 15) is 9.59 Å². The van der Waals surface area contributed by atoms with Gasteiger partial charge in [0.25, 0.3) is 5.91 Å². The van der Waals surface area contributed by atoms with E-state index in [1.165, 1.54) is 7.11 Å². The molecule has 0 aliphatic heterocycles. The predicted octanol–water partition coefficient (Wildman–Crippen LogP) is 1.92. The van der Waals surface area contributed by atoms with Gasteiger partial charge in [-0.15, -0.1) is 0 Å². The molecule has 0 aliphatic carbocycles. The van der Waals surface area contributed by atoms with Crippen LogP contribution in [0.25, 0.3) is 0 Å². The van der Waals surface area contributed by atoms with Gasteiger partial charge in [0, 0.05) is 0 Å². The summed E-state index contributed by atoms with van der Waals surface area (Å²) in [5.41, 5.74) is 0.333. The zero-order valence-electron chi connectivity index (χ0n) is 11.3. The predicted molar refractivity (Wildman–Crippen MR) is 71.3 cm³/mol. The van der Waals surface area contributed by atoms with E-state index in [1.807, 2.05) is 13.8 Å². The van der Waals surface area contributed by atoms with E-state index in [1.54, 1.807) is 24.3 Å². The first-order valence-corrected chi connectivity index (χ1v) is 6.12. The Kier molecular flexibility index (Phi) is 5.36. The lowest BCUT2D eigenvalue weighted by molar-refractivity contribution is -0.139. The molecule has 5 nitrogen and oxygen atoms in total. The number of benzene rings is 1. The van der Waals surface area contributed by atoms with Gasteiger partial charge in [-0.05, 0) is 24.5 Å². The first-order valence-electron chi connectivity index (χ1n) is 6.12. The summed E-state index contributed by atoms with van der Waals surface area (Å²) in [5, 5.41) is 11.6. The van der Waals surface area contributed by atoms with E-state index in [0.29, 0.717) is 17.7 Å². The number of hydrogen-bond donors (Lipinski definition) is 2. The number of rotatable bonds is 6. The van der Waals surface area contributed by atoms with E-state index >= 15 is 0 Å². The Morgan fingerprint density at radius 3 is 2.47 bits per heavy atom. The van der Waals surface area contributed by atoms with Crippen molar-refractivity contribution in [2.75, 3.05) is 7.11 Å². The Labute approximate surface area is 112 Å². The number of carboxylic acids is 1. The van der Waals surface area contributed by atoms with Gasteiger partial charge in [0.05, 0.1) is 12.7 Å². The highest BCUT2D eigenvalue weighted by atomic mass is 16.5. The fourth-order valence-electron chi connectivity index (χ4n) is 1.76. The summed E-state index contributed by atoms with van der Waals surface area (Å²) in [4.78, 5) is 23.2. The molecule has 0 saturated heterocycles. The highest BCUT2D eigenvalue weighted by Gasteiger charge is 2.22. The van der Waals surface area contributed by atoms with Gasteiger partial charge in [0.15, 0.2) is 0 Å². The Hall–Kier alpha value is -2.04. The summed E-state index contributed by atoms with van der Waals surface area (Å²) in [6.07, 6.45) is 0.385. The molecule has 0 fully saturated rings. The maximum absolute atomic E-state index is 12.1. The van der Waals surface area contributed by atoms with Crippen molar-refractivity contribution < 1.29 is 19.4 Å². The molecular formula is C14H19NO4. The number of nitrogens with one attached hydrogen (secondary N) is 1. The monoisotopic (exact) mass is 265 g/mol. The second kappa shape index (κ2) is 6.78. The van der Waals surface area contributed by atoms with Crippen LogP contribution in [0.3, 0.4) is 0 Å². The molecule has 0 heterocycles. The van der Waals surface area contributed by atoms with Crippen LogP contribution in [0.15, 0.2) is 24.3 Å². The number of hydrogen-bond acceptors (Lipinski definition) is 3. The Morgan fingerprint density at radius 1 is 1.32 bits per heavy atom. The minimum absolute atomic E-state index is 0.180. The number of ether oxygens (including phenoxy) is 1. The third-order valence-corrected chi connectivity index (χ3v) is 2.66. The number of para-hydroxylation sites is 1. The Morgan fingerprint density at radius 2 is 1.95 bits per heavy atom. The van der Waals surface area contributed by atoms with Gasteiger partial charge >= 0.3 is 5.97 Å². The summed E-state index contributed by atoms with van der Waals surface area (Å²) >= 11 is 0. The molecule has 5 heteroatoms. The van der Waals surface area contributed by atoms with Crippen molar-refractivity contribution >= 4 is 11.9 Å². The van der Waals surface area contributed by atoms with E-state index in [2.05, 4.69) is 5.32 Å². The third-order valence-electron chi connectivity index (χ3n) is 2.66. The first kappa shape index (κ1) is 15.0. The van der Waals surface area contributed by atoms with E-state index in [-0.39, 0.29) is 5.92 Å². The fourth-order valence-corrected chi connectivity index (χ4v) is 1.76. The number of aliphatic carboxylic acids is 1. The quantitative estimate of drug-likeness (QED) is 0.824. The Balaban J connectivity index is 2.84. The standard InChI is InChI=1S/C14H19NO4/c1-9(2)8-11(14(17)18)15-13(16)10-6-4-5-7-12(10)19-3/h4-7,9,11H,8H2,1-3H3,(H,15,16)(H,17,18). The molecule has 104 valence electrons. The van der Waals surface area contributed by atoms with Gasteiger partial charge in [-0.3, -0.25) is 4.79 Å². The minimum Gasteiger partial charge on any atom is -0.496 e. The lowest BCUT2D eigenvalue weighted by atomic mass is 10.0. The van der Waals surface area contributed by atoms with E-state index in [4.69, 9.17) is 9.84 Å². The molecule has 0 radical (unpaired) electrons. The average Bonchev–Trinajstić information content (AvgIpc) is 2.37. The highest BCUT2D eigenvalue weighted by molar-refractivity contribution is 5.98. The molecule has 2 N–H and O–H groups in total. The molecule has 1 unspecified atom stereocenters. The maximum Gasteiger partial charge on any atom is 0.326 e. The van der Waals surface area contributed by atoms with Crippen molar-refractivity contribution in [2.24, 2.45) is 5.92 Å². The number of carboxylic acid groups (broad SMARTS) is 1. The zero-order valence-corrected chi connectivity index (χ0v) is 11.3. The van der Waals surface area contributed by atoms with Gasteiger partial charge in [-0.1, -0.05) is 26.0 Å². The van der Waals surface area contributed by atoms with Crippen LogP contribution < -0.4 is 10.1 Å². The largest absolute Gasteiger partial charge is 0.496 e. The van der Waals surface area contributed by atoms with Crippen molar-refractivity contribution in [1.29, 1.82) is 0 Å². The molecule has 1 amide bonds. The van der Waals surface area contributed by atoms with Gasteiger partial charge in [-0.25, -0.2) is 4.79 Å². The fraction of sp³-hybridized carbons (Fsp3) is 0.429. The summed E-state index contributed by atoms with van der Waals surface area (Å²) in [7, 11) is 1.47. The number of carbonyl (C=O) groups is 2. The third kappa shape index (κ3) is 4.28. The van der Waals surface area contributed by atoms with Crippen molar-refractivity contribution in [1.82, 2.24) is 5.32 Å². The van der Waals surface area contributed by atoms with Crippen molar-refractivity contribution in [3.05, 3.63) is 29.8 Å². The maximum atomic E-state index is 12.1. The summed E-state index contributed by atoms with van der Waals surface area (Å²) in [5.74, 6) is -0.866. The van der Waals surface area contributed by atoms with Crippen LogP contribution in [0.5, 0.6) is 5.75 Å². The molecule has 1 atom stereocenters. The molecule has 1 aromatic rings. The average molecular weight is 265 g/mol. The summed E-state index contributed by atoms with van der Waals surface area (Å²) in [6, 6.07) is 5.82. The smallest absolute Gasteiger partial charge is 0.326 e. The van der Waals surface area contributed by atoms with Crippen molar-refractivity contribution in [3.63, 3.8) is 0 Å². The number of methoxy groups -OCH3 is 1. The molecule has 0 saturated carbocycles. The highest BCUT2D eigenvalue weighted by Crippen LogP contribution is 2.17. The second-order valence-electron chi connectivity index (χ2n) is 4.69. The van der Waals surface area contributed by atoms with E-state index in [0.717, 1.165) is 0 Å². The molecule has 19 heavy (non-hydrogen) atoms. The van der Waals surface area contributed by atoms with Gasteiger partial charge in [0.2, 0.25) is 0 Å². The van der Waals surface area contributed by atoms with E-state index < -0.39 is 17.9 Å². The lowest BCUT2D eigenvalue weighted by Crippen LogP contribution is -2.41. The van der Waals surface area contributed by atoms with Crippen LogP contribution in [0, 0.1) is 5.92 Å². The van der Waals surface area contributed by atoms with Crippen LogP contribution in [0.4, 0.5) is 0 Å². The molecule has 0 aromatic heterocycles. The number of carbonyl (C=O) groups excluding carboxylic acids is 1. The lowest BCUT2D eigenvalue weighted by Gasteiger charge is -2.17.